The lowest BCUT2D eigenvalue weighted by atomic mass is 9.95. The Kier molecular flexibility index (Phi) is 15.7. The third-order valence-electron chi connectivity index (χ3n) is 19.6. The van der Waals surface area contributed by atoms with Crippen LogP contribution in [0.15, 0.2) is 164 Å². The first-order chi connectivity index (χ1) is 50.4. The summed E-state index contributed by atoms with van der Waals surface area (Å²) in [6.07, 6.45) is 7.78. The molecule has 16 aromatic rings. The van der Waals surface area contributed by atoms with Crippen molar-refractivity contribution in [1.29, 1.82) is 0 Å². The van der Waals surface area contributed by atoms with Crippen molar-refractivity contribution in [3.05, 3.63) is 236 Å². The van der Waals surface area contributed by atoms with E-state index in [0.717, 1.165) is 139 Å². The fourth-order valence-electron chi connectivity index (χ4n) is 14.3. The Bertz CT molecular complexity index is 6290. The van der Waals surface area contributed by atoms with E-state index in [1.54, 1.807) is 30.6 Å². The van der Waals surface area contributed by atoms with E-state index in [1.807, 2.05) is 107 Å². The van der Waals surface area contributed by atoms with Crippen LogP contribution in [0.5, 0.6) is 0 Å². The van der Waals surface area contributed by atoms with E-state index in [-0.39, 0.29) is 0 Å². The summed E-state index contributed by atoms with van der Waals surface area (Å²) in [5, 5.41) is 8.47. The summed E-state index contributed by atoms with van der Waals surface area (Å²) >= 11 is 0. The maximum Gasteiger partial charge on any atom is 0.227 e. The van der Waals surface area contributed by atoms with E-state index in [0.29, 0.717) is 28.5 Å². The lowest BCUT2D eigenvalue weighted by molar-refractivity contribution is -0.660. The van der Waals surface area contributed by atoms with Crippen molar-refractivity contribution < 1.29 is 45.5 Å². The number of benzene rings is 4. The third kappa shape index (κ3) is 12.4. The molecule has 0 spiro atoms. The summed E-state index contributed by atoms with van der Waals surface area (Å²) in [5.41, 5.74) is 30.7. The lowest BCUT2D eigenvalue weighted by Crippen LogP contribution is -2.31. The van der Waals surface area contributed by atoms with E-state index < -0.39 is 19.6 Å². The highest BCUT2D eigenvalue weighted by molar-refractivity contribution is 6.13. The first-order valence-corrected chi connectivity index (χ1v) is 34.1. The van der Waals surface area contributed by atoms with E-state index in [2.05, 4.69) is 179 Å². The van der Waals surface area contributed by atoms with E-state index in [4.69, 9.17) is 27.3 Å². The number of nitrogens with zero attached hydrogens (tertiary/aromatic N) is 8. The van der Waals surface area contributed by atoms with Crippen LogP contribution in [-0.2, 0) is 28.2 Å². The van der Waals surface area contributed by atoms with Crippen LogP contribution in [0.3, 0.4) is 0 Å². The molecule has 0 aliphatic heterocycles. The molecular formula is C88H92N8O4+4. The first kappa shape index (κ1) is 59.3. The van der Waals surface area contributed by atoms with Gasteiger partial charge in [-0.1, -0.05) is 58.0 Å². The molecule has 504 valence electrons. The van der Waals surface area contributed by atoms with Crippen molar-refractivity contribution in [2.75, 3.05) is 0 Å². The lowest BCUT2D eigenvalue weighted by Gasteiger charge is -2.10. The van der Waals surface area contributed by atoms with Gasteiger partial charge in [-0.05, 0) is 219 Å². The molecule has 12 heterocycles. The highest BCUT2D eigenvalue weighted by atomic mass is 16.4. The van der Waals surface area contributed by atoms with E-state index in [9.17, 15) is 0 Å². The molecule has 4 aromatic carbocycles. The zero-order chi connectivity index (χ0) is 77.1. The zero-order valence-corrected chi connectivity index (χ0v) is 61.1. The Morgan fingerprint density at radius 2 is 0.730 bits per heavy atom. The van der Waals surface area contributed by atoms with Gasteiger partial charge in [-0.2, -0.15) is 0 Å². The van der Waals surface area contributed by atoms with Crippen LogP contribution in [0.4, 0.5) is 0 Å². The van der Waals surface area contributed by atoms with Gasteiger partial charge in [0.1, 0.15) is 28.2 Å². The molecule has 0 bridgehead atoms. The van der Waals surface area contributed by atoms with Gasteiger partial charge in [-0.25, -0.2) is 38.2 Å². The van der Waals surface area contributed by atoms with Gasteiger partial charge in [-0.3, -0.25) is 0 Å². The summed E-state index contributed by atoms with van der Waals surface area (Å²) in [6.45, 7) is 28.2. The molecule has 100 heavy (non-hydrogen) atoms. The molecule has 0 N–H and O–H groups in total. The minimum atomic E-state index is -2.44. The summed E-state index contributed by atoms with van der Waals surface area (Å²) in [5.74, 6) is -1.24. The van der Waals surface area contributed by atoms with Gasteiger partial charge in [-0.15, -0.1) is 0 Å². The number of hydrogen-bond donors (Lipinski definition) is 0. The van der Waals surface area contributed by atoms with Gasteiger partial charge in [0.15, 0.2) is 47.1 Å². The van der Waals surface area contributed by atoms with Crippen LogP contribution >= 0.6 is 0 Å². The highest BCUT2D eigenvalue weighted by Crippen LogP contribution is 2.43. The predicted molar refractivity (Wildman–Crippen MR) is 407 cm³/mol. The summed E-state index contributed by atoms with van der Waals surface area (Å²) in [6, 6.07) is 40.8. The molecule has 16 rings (SSSR count). The number of aryl methyl sites for hydroxylation is 18. The third-order valence-corrected chi connectivity index (χ3v) is 19.6. The molecule has 12 aromatic heterocycles. The topological polar surface area (TPSA) is 120 Å². The average Bonchev–Trinajstić information content (AvgIpc) is 1.66. The number of fused-ring (bicyclic) bond motifs is 12. The Morgan fingerprint density at radius 3 is 1.17 bits per heavy atom. The number of rotatable bonds is 6. The number of aromatic nitrogens is 8. The maximum atomic E-state index is 8.51. The Labute approximate surface area is 596 Å². The fourth-order valence-corrected chi connectivity index (χ4v) is 14.3. The van der Waals surface area contributed by atoms with Gasteiger partial charge >= 0.3 is 0 Å². The largest absolute Gasteiger partial charge is 0.437 e. The molecule has 12 heteroatoms. The molecule has 0 radical (unpaired) electrons. The summed E-state index contributed by atoms with van der Waals surface area (Å²) in [7, 11) is 7.95. The van der Waals surface area contributed by atoms with Crippen molar-refractivity contribution >= 4 is 88.3 Å². The molecule has 1 atom stereocenters. The monoisotopic (exact) mass is 1330 g/mol. The molecule has 0 aliphatic rings. The van der Waals surface area contributed by atoms with Crippen LogP contribution < -0.4 is 18.3 Å². The van der Waals surface area contributed by atoms with Gasteiger partial charge in [0, 0.05) is 123 Å². The van der Waals surface area contributed by atoms with Crippen molar-refractivity contribution in [2.45, 2.75) is 136 Å². The normalized spacial score (nSPS) is 13.6. The molecule has 0 aliphatic carbocycles. The minimum Gasteiger partial charge on any atom is -0.437 e. The SMILES string of the molecule is Cc1ccc2c(n1)oc1c(-c3cc(C(C)C)cc[n+]3C)c(C)cc(C)c12.Cc1ccc2c(n1)oc1c(-c3cc(C)c(C)c[n+]3C)c(C)cc(C)c12.[2H]C([2H])([2H])C([2H])(C)c1cc[n+](C)c(-c2c(C)cc(C)c3c2oc2nc(C)ccc23)c1.[2H]C([2H])([2H])c1ccc(-c2c(C)ccc3c2oc2nc(C)ccc23)[n+](C)c1. The van der Waals surface area contributed by atoms with Crippen molar-refractivity contribution in [3.63, 3.8) is 0 Å². The Morgan fingerprint density at radius 1 is 0.340 bits per heavy atom. The predicted octanol–water partition coefficient (Wildman–Crippen LogP) is 20.5. The number of hydrogen-bond acceptors (Lipinski definition) is 8. The quantitative estimate of drug-likeness (QED) is 0.151. The van der Waals surface area contributed by atoms with Crippen LogP contribution in [0.25, 0.3) is 133 Å². The van der Waals surface area contributed by atoms with Crippen molar-refractivity contribution in [2.24, 2.45) is 28.2 Å². The van der Waals surface area contributed by atoms with E-state index >= 15 is 0 Å². The fraction of sp³-hybridized carbons (Fsp3) is 0.273. The molecule has 0 fully saturated rings. The van der Waals surface area contributed by atoms with Crippen LogP contribution in [0.1, 0.15) is 139 Å². The second-order valence-electron chi connectivity index (χ2n) is 27.7. The molecule has 0 amide bonds. The number of pyridine rings is 8. The second-order valence-corrected chi connectivity index (χ2v) is 27.7. The maximum absolute atomic E-state index is 8.51. The van der Waals surface area contributed by atoms with Gasteiger partial charge < -0.3 is 17.7 Å². The molecule has 1 unspecified atom stereocenters. The minimum absolute atomic E-state index is 0.315. The van der Waals surface area contributed by atoms with Crippen LogP contribution in [0, 0.1) is 96.9 Å². The zero-order valence-electron chi connectivity index (χ0n) is 68.1. The van der Waals surface area contributed by atoms with E-state index in [1.165, 1.54) is 68.0 Å². The molecule has 12 nitrogen and oxygen atoms in total. The molecule has 0 saturated carbocycles. The average molecular weight is 1330 g/mol. The van der Waals surface area contributed by atoms with Crippen molar-refractivity contribution in [1.82, 2.24) is 19.9 Å². The smallest absolute Gasteiger partial charge is 0.227 e. The second kappa shape index (κ2) is 26.5. The summed E-state index contributed by atoms with van der Waals surface area (Å²) in [4.78, 5) is 18.3. The molecular weight excluding hydrogens is 1230 g/mol. The highest BCUT2D eigenvalue weighted by Gasteiger charge is 2.28. The standard InChI is InChI=1S/2C23H25N2O.C22H23N2O.C20H19N2O/c2*1-13(2)17-9-10-25(6)19(12-17)21-15(4)11-14(3)20-18-8-7-16(5)24-23(18)26-22(20)21;1-12-10-18(24(6)11-15(12)4)20-14(3)9-13(2)19-17-8-7-16(5)23-22(17)25-21(19)20;1-12-5-10-17(22(4)11-12)18-13(2)6-8-15-16-9-7-14(3)21-20(16)23-19(15)18/h2*7-13H,1-6H3;7-11H,1-6H3;5-11H,1-4H3/q4*+1/i1D3,13D;;;1D3. The summed E-state index contributed by atoms with van der Waals surface area (Å²) < 4.78 is 87.8. The Balaban J connectivity index is 0.000000126. The van der Waals surface area contributed by atoms with Crippen LogP contribution in [0.2, 0.25) is 0 Å². The number of furan rings is 4. The van der Waals surface area contributed by atoms with Gasteiger partial charge in [0.2, 0.25) is 45.6 Å². The van der Waals surface area contributed by atoms with Gasteiger partial charge in [0.25, 0.3) is 0 Å². The Hall–Kier alpha value is -10.7. The van der Waals surface area contributed by atoms with Gasteiger partial charge in [0.05, 0.1) is 22.3 Å². The first-order valence-electron chi connectivity index (χ1n) is 37.6. The van der Waals surface area contributed by atoms with Crippen LogP contribution in [-0.4, -0.2) is 19.9 Å². The molecule has 0 saturated heterocycles. The van der Waals surface area contributed by atoms with Crippen molar-refractivity contribution in [3.8, 4) is 45.0 Å².